The molecule has 0 saturated heterocycles. The Bertz CT molecular complexity index is 43.0. The van der Waals surface area contributed by atoms with Gasteiger partial charge in [-0.05, 0) is 0 Å². The SMILES string of the molecule is C=C.CS(C)=O.[Pt+2]. The zero-order valence-electron chi connectivity index (χ0n) is 4.55. The summed E-state index contributed by atoms with van der Waals surface area (Å²) in [6, 6.07) is 0. The number of rotatable bonds is 0. The summed E-state index contributed by atoms with van der Waals surface area (Å²) in [5.74, 6) is 0. The molecular formula is C4H10OPtS+2. The standard InChI is InChI=1S/C2H6OS.C2H4.Pt/c1-4(2)3;1-2;/h1-2H3;1-2H2;/q;;+2. The van der Waals surface area contributed by atoms with Crippen molar-refractivity contribution in [1.82, 2.24) is 0 Å². The van der Waals surface area contributed by atoms with Crippen LogP contribution in [0.3, 0.4) is 0 Å². The molecular weight excluding hydrogens is 291 g/mol. The Morgan fingerprint density at radius 2 is 1.29 bits per heavy atom. The van der Waals surface area contributed by atoms with E-state index in [1.807, 2.05) is 0 Å². The zero-order valence-corrected chi connectivity index (χ0v) is 7.64. The maximum Gasteiger partial charge on any atom is 2.00 e. The summed E-state index contributed by atoms with van der Waals surface area (Å²) in [5.41, 5.74) is 0. The summed E-state index contributed by atoms with van der Waals surface area (Å²) in [5, 5.41) is 0. The third-order valence-electron chi connectivity index (χ3n) is 0. The van der Waals surface area contributed by atoms with Gasteiger partial charge in [-0.2, -0.15) is 0 Å². The van der Waals surface area contributed by atoms with Gasteiger partial charge in [0.2, 0.25) is 0 Å². The summed E-state index contributed by atoms with van der Waals surface area (Å²) >= 11 is 0. The zero-order chi connectivity index (χ0) is 5.58. The van der Waals surface area contributed by atoms with Gasteiger partial charge in [0.1, 0.15) is 0 Å². The van der Waals surface area contributed by atoms with E-state index in [2.05, 4.69) is 13.2 Å². The molecule has 7 heavy (non-hydrogen) atoms. The molecule has 3 heteroatoms. The Balaban J connectivity index is -0.0000000480. The van der Waals surface area contributed by atoms with Crippen LogP contribution in [-0.4, -0.2) is 16.7 Å². The molecule has 1 nitrogen and oxygen atoms in total. The summed E-state index contributed by atoms with van der Waals surface area (Å²) < 4.78 is 9.56. The van der Waals surface area contributed by atoms with Gasteiger partial charge in [0.15, 0.2) is 0 Å². The maximum atomic E-state index is 9.56. The third kappa shape index (κ3) is 412. The summed E-state index contributed by atoms with van der Waals surface area (Å²) in [7, 11) is -0.611. The van der Waals surface area contributed by atoms with Crippen molar-refractivity contribution in [2.45, 2.75) is 0 Å². The smallest absolute Gasteiger partial charge is 0.260 e. The Morgan fingerprint density at radius 1 is 1.29 bits per heavy atom. The van der Waals surface area contributed by atoms with E-state index in [4.69, 9.17) is 0 Å². The van der Waals surface area contributed by atoms with Crippen LogP contribution in [0.2, 0.25) is 0 Å². The van der Waals surface area contributed by atoms with E-state index < -0.39 is 10.8 Å². The minimum absolute atomic E-state index is 0. The van der Waals surface area contributed by atoms with Crippen LogP contribution in [0.5, 0.6) is 0 Å². The van der Waals surface area contributed by atoms with E-state index in [1.54, 1.807) is 12.5 Å². The Morgan fingerprint density at radius 3 is 1.29 bits per heavy atom. The van der Waals surface area contributed by atoms with E-state index in [0.717, 1.165) is 0 Å². The molecule has 0 aliphatic rings. The molecule has 0 atom stereocenters. The van der Waals surface area contributed by atoms with Gasteiger partial charge < -0.3 is 0 Å². The molecule has 0 fully saturated rings. The monoisotopic (exact) mass is 301 g/mol. The molecule has 0 unspecified atom stereocenters. The minimum Gasteiger partial charge on any atom is -0.260 e. The first-order valence-electron chi connectivity index (χ1n) is 1.48. The topological polar surface area (TPSA) is 17.1 Å². The van der Waals surface area contributed by atoms with Crippen molar-refractivity contribution in [2.75, 3.05) is 12.5 Å². The van der Waals surface area contributed by atoms with Gasteiger partial charge >= 0.3 is 21.1 Å². The molecule has 0 bridgehead atoms. The van der Waals surface area contributed by atoms with E-state index in [1.165, 1.54) is 0 Å². The van der Waals surface area contributed by atoms with E-state index in [0.29, 0.717) is 0 Å². The van der Waals surface area contributed by atoms with E-state index in [9.17, 15) is 4.21 Å². The molecule has 0 rings (SSSR count). The molecule has 0 aromatic rings. The molecule has 46 valence electrons. The molecule has 0 radical (unpaired) electrons. The molecule has 0 heterocycles. The first-order valence-corrected chi connectivity index (χ1v) is 3.45. The van der Waals surface area contributed by atoms with Crippen molar-refractivity contribution in [3.05, 3.63) is 13.2 Å². The molecule has 0 aliphatic carbocycles. The first kappa shape index (κ1) is 15.6. The van der Waals surface area contributed by atoms with Crippen LogP contribution in [0, 0.1) is 0 Å². The molecule has 0 N–H and O–H groups in total. The van der Waals surface area contributed by atoms with Crippen LogP contribution in [0.25, 0.3) is 0 Å². The van der Waals surface area contributed by atoms with Crippen molar-refractivity contribution >= 4 is 10.8 Å². The number of hydrogen-bond acceptors (Lipinski definition) is 1. The van der Waals surface area contributed by atoms with Crippen molar-refractivity contribution < 1.29 is 25.3 Å². The predicted molar refractivity (Wildman–Crippen MR) is 31.2 cm³/mol. The van der Waals surface area contributed by atoms with Crippen LogP contribution < -0.4 is 0 Å². The van der Waals surface area contributed by atoms with E-state index in [-0.39, 0.29) is 21.1 Å². The van der Waals surface area contributed by atoms with Gasteiger partial charge in [-0.3, -0.25) is 4.21 Å². The van der Waals surface area contributed by atoms with Crippen LogP contribution in [0.1, 0.15) is 0 Å². The molecule has 0 aliphatic heterocycles. The minimum atomic E-state index is -0.611. The fourth-order valence-electron chi connectivity index (χ4n) is 0. The van der Waals surface area contributed by atoms with Crippen molar-refractivity contribution in [1.29, 1.82) is 0 Å². The molecule has 0 spiro atoms. The van der Waals surface area contributed by atoms with Gasteiger partial charge in [0, 0.05) is 23.3 Å². The Labute approximate surface area is 61.9 Å². The quantitative estimate of drug-likeness (QED) is 0.605. The van der Waals surface area contributed by atoms with Gasteiger partial charge in [0.25, 0.3) is 0 Å². The third-order valence-corrected chi connectivity index (χ3v) is 0. The normalized spacial score (nSPS) is 5.57. The summed E-state index contributed by atoms with van der Waals surface area (Å²) in [4.78, 5) is 0. The molecule has 0 aromatic heterocycles. The average Bonchev–Trinajstić information content (AvgIpc) is 1.41. The Kier molecular flexibility index (Phi) is 35.7. The fraction of sp³-hybridized carbons (Fsp3) is 0.500. The molecule has 0 saturated carbocycles. The van der Waals surface area contributed by atoms with Crippen molar-refractivity contribution in [2.24, 2.45) is 0 Å². The Hall–Kier alpha value is 0.578. The number of hydrogen-bond donors (Lipinski definition) is 0. The maximum absolute atomic E-state index is 9.56. The first-order chi connectivity index (χ1) is 2.73. The molecule has 0 amide bonds. The largest absolute Gasteiger partial charge is 2.00 e. The van der Waals surface area contributed by atoms with Crippen molar-refractivity contribution in [3.8, 4) is 0 Å². The van der Waals surface area contributed by atoms with Crippen molar-refractivity contribution in [3.63, 3.8) is 0 Å². The van der Waals surface area contributed by atoms with Gasteiger partial charge in [-0.25, -0.2) is 0 Å². The predicted octanol–water partition coefficient (Wildman–Crippen LogP) is 0.794. The van der Waals surface area contributed by atoms with Gasteiger partial charge in [-0.15, -0.1) is 13.2 Å². The van der Waals surface area contributed by atoms with Gasteiger partial charge in [0.05, 0.1) is 0 Å². The second-order valence-corrected chi connectivity index (χ2v) is 2.22. The second-order valence-electron chi connectivity index (χ2n) is 0.742. The summed E-state index contributed by atoms with van der Waals surface area (Å²) in [6.45, 7) is 6.00. The summed E-state index contributed by atoms with van der Waals surface area (Å²) in [6.07, 6.45) is 3.28. The van der Waals surface area contributed by atoms with E-state index >= 15 is 0 Å². The fourth-order valence-corrected chi connectivity index (χ4v) is 0. The van der Waals surface area contributed by atoms with Crippen LogP contribution in [0.15, 0.2) is 13.2 Å². The molecule has 0 aromatic carbocycles. The van der Waals surface area contributed by atoms with Crippen LogP contribution in [0.4, 0.5) is 0 Å². The van der Waals surface area contributed by atoms with Gasteiger partial charge in [-0.1, -0.05) is 0 Å². The second kappa shape index (κ2) is 16.0. The average molecular weight is 301 g/mol. The van der Waals surface area contributed by atoms with Crippen LogP contribution in [-0.2, 0) is 31.9 Å². The van der Waals surface area contributed by atoms with Crippen LogP contribution >= 0.6 is 0 Å².